The molecule has 0 saturated heterocycles. The standard InChI is InChI=1S/C9H16N2/c1-6-8(9(3,4)5)11-10-7-2/h6-7H,2H2,1,3-5H3/b8-6-,11-10?. The summed E-state index contributed by atoms with van der Waals surface area (Å²) in [6.07, 6.45) is 3.40. The van der Waals surface area contributed by atoms with Crippen LogP contribution in [0.4, 0.5) is 0 Å². The second kappa shape index (κ2) is 4.06. The molecule has 62 valence electrons. The molecule has 0 bridgehead atoms. The molecule has 0 aliphatic carbocycles. The van der Waals surface area contributed by atoms with Crippen molar-refractivity contribution in [1.29, 1.82) is 0 Å². The van der Waals surface area contributed by atoms with Crippen LogP contribution in [0.3, 0.4) is 0 Å². The van der Waals surface area contributed by atoms with Crippen LogP contribution in [-0.2, 0) is 0 Å². The van der Waals surface area contributed by atoms with Gasteiger partial charge in [0.1, 0.15) is 0 Å². The Morgan fingerprint density at radius 2 is 1.91 bits per heavy atom. The van der Waals surface area contributed by atoms with E-state index in [1.807, 2.05) is 13.0 Å². The van der Waals surface area contributed by atoms with Crippen molar-refractivity contribution in [3.63, 3.8) is 0 Å². The summed E-state index contributed by atoms with van der Waals surface area (Å²) in [6, 6.07) is 0. The van der Waals surface area contributed by atoms with Gasteiger partial charge in [0.2, 0.25) is 0 Å². The average molecular weight is 152 g/mol. The Kier molecular flexibility index (Phi) is 3.72. The lowest BCUT2D eigenvalue weighted by atomic mass is 9.92. The van der Waals surface area contributed by atoms with E-state index >= 15 is 0 Å². The first kappa shape index (κ1) is 10.1. The van der Waals surface area contributed by atoms with Crippen molar-refractivity contribution in [2.45, 2.75) is 27.7 Å². The van der Waals surface area contributed by atoms with Crippen LogP contribution in [0.25, 0.3) is 0 Å². The van der Waals surface area contributed by atoms with Crippen molar-refractivity contribution in [3.05, 3.63) is 24.6 Å². The van der Waals surface area contributed by atoms with E-state index in [-0.39, 0.29) is 5.41 Å². The van der Waals surface area contributed by atoms with E-state index in [1.165, 1.54) is 6.20 Å². The molecule has 0 N–H and O–H groups in total. The van der Waals surface area contributed by atoms with Gasteiger partial charge in [0.05, 0.1) is 5.70 Å². The first-order valence-corrected chi connectivity index (χ1v) is 3.71. The van der Waals surface area contributed by atoms with Crippen molar-refractivity contribution >= 4 is 0 Å². The van der Waals surface area contributed by atoms with E-state index in [1.54, 1.807) is 0 Å². The fraction of sp³-hybridized carbons (Fsp3) is 0.556. The molecule has 0 unspecified atom stereocenters. The molecule has 0 spiro atoms. The van der Waals surface area contributed by atoms with Gasteiger partial charge in [0.25, 0.3) is 0 Å². The third-order valence-corrected chi connectivity index (χ3v) is 1.29. The van der Waals surface area contributed by atoms with Crippen LogP contribution >= 0.6 is 0 Å². The number of nitrogens with zero attached hydrogens (tertiary/aromatic N) is 2. The largest absolute Gasteiger partial charge is 0.160 e. The van der Waals surface area contributed by atoms with Crippen LogP contribution in [-0.4, -0.2) is 0 Å². The Hall–Kier alpha value is -0.920. The van der Waals surface area contributed by atoms with Crippen molar-refractivity contribution in [1.82, 2.24) is 0 Å². The first-order valence-electron chi connectivity index (χ1n) is 3.71. The average Bonchev–Trinajstić information content (AvgIpc) is 1.87. The zero-order valence-corrected chi connectivity index (χ0v) is 7.76. The topological polar surface area (TPSA) is 24.7 Å². The highest BCUT2D eigenvalue weighted by Gasteiger charge is 2.15. The van der Waals surface area contributed by atoms with Gasteiger partial charge in [0.15, 0.2) is 0 Å². The predicted octanol–water partition coefficient (Wildman–Crippen LogP) is 3.53. The lowest BCUT2D eigenvalue weighted by Crippen LogP contribution is -2.06. The van der Waals surface area contributed by atoms with Crippen molar-refractivity contribution in [2.75, 3.05) is 0 Å². The van der Waals surface area contributed by atoms with Gasteiger partial charge in [-0.15, -0.1) is 0 Å². The van der Waals surface area contributed by atoms with Crippen LogP contribution in [0, 0.1) is 5.41 Å². The maximum absolute atomic E-state index is 4.00. The molecular formula is C9H16N2. The first-order chi connectivity index (χ1) is 5.02. The predicted molar refractivity (Wildman–Crippen MR) is 48.3 cm³/mol. The molecule has 0 aromatic rings. The zero-order valence-electron chi connectivity index (χ0n) is 7.76. The van der Waals surface area contributed by atoms with Crippen molar-refractivity contribution in [3.8, 4) is 0 Å². The summed E-state index contributed by atoms with van der Waals surface area (Å²) < 4.78 is 0. The Balaban J connectivity index is 4.45. The van der Waals surface area contributed by atoms with Gasteiger partial charge in [-0.05, 0) is 6.92 Å². The van der Waals surface area contributed by atoms with Gasteiger partial charge in [-0.3, -0.25) is 0 Å². The van der Waals surface area contributed by atoms with E-state index in [0.717, 1.165) is 5.70 Å². The van der Waals surface area contributed by atoms with E-state index in [4.69, 9.17) is 0 Å². The summed E-state index contributed by atoms with van der Waals surface area (Å²) in [5.41, 5.74) is 1.05. The van der Waals surface area contributed by atoms with Crippen molar-refractivity contribution in [2.24, 2.45) is 15.6 Å². The molecular weight excluding hydrogens is 136 g/mol. The molecule has 0 aromatic heterocycles. The second-order valence-corrected chi connectivity index (χ2v) is 3.32. The quantitative estimate of drug-likeness (QED) is 0.541. The number of hydrogen-bond acceptors (Lipinski definition) is 2. The molecule has 0 saturated carbocycles. The van der Waals surface area contributed by atoms with Crippen LogP contribution < -0.4 is 0 Å². The fourth-order valence-corrected chi connectivity index (χ4v) is 0.744. The SMILES string of the molecule is C=CN=N/C(=C\C)C(C)(C)C. The zero-order chi connectivity index (χ0) is 8.91. The summed E-state index contributed by atoms with van der Waals surface area (Å²) in [5.74, 6) is 0. The third kappa shape index (κ3) is 3.71. The smallest absolute Gasteiger partial charge is 0.0641 e. The molecule has 0 radical (unpaired) electrons. The van der Waals surface area contributed by atoms with E-state index in [0.29, 0.717) is 0 Å². The molecule has 2 heteroatoms. The number of allylic oxidation sites excluding steroid dienone is 2. The minimum atomic E-state index is 0.0707. The molecule has 0 rings (SSSR count). The Bertz CT molecular complexity index is 182. The van der Waals surface area contributed by atoms with E-state index < -0.39 is 0 Å². The Morgan fingerprint density at radius 3 is 2.18 bits per heavy atom. The fourth-order valence-electron chi connectivity index (χ4n) is 0.744. The summed E-state index contributed by atoms with van der Waals surface area (Å²) in [6.45, 7) is 11.7. The highest BCUT2D eigenvalue weighted by atomic mass is 15.1. The van der Waals surface area contributed by atoms with Crippen molar-refractivity contribution < 1.29 is 0 Å². The normalized spacial score (nSPS) is 14.0. The lowest BCUT2D eigenvalue weighted by Gasteiger charge is -2.17. The van der Waals surface area contributed by atoms with Gasteiger partial charge >= 0.3 is 0 Å². The molecule has 0 aliphatic rings. The maximum Gasteiger partial charge on any atom is 0.0641 e. The second-order valence-electron chi connectivity index (χ2n) is 3.32. The Labute approximate surface area is 68.7 Å². The lowest BCUT2D eigenvalue weighted by molar-refractivity contribution is 0.491. The van der Waals surface area contributed by atoms with Gasteiger partial charge in [-0.1, -0.05) is 33.4 Å². The van der Waals surface area contributed by atoms with Crippen LogP contribution in [0.15, 0.2) is 34.8 Å². The molecule has 0 atom stereocenters. The molecule has 0 aliphatic heterocycles. The van der Waals surface area contributed by atoms with E-state index in [2.05, 4.69) is 37.6 Å². The molecule has 0 aromatic carbocycles. The summed E-state index contributed by atoms with van der Waals surface area (Å²) in [5, 5.41) is 7.73. The molecule has 11 heavy (non-hydrogen) atoms. The van der Waals surface area contributed by atoms with Gasteiger partial charge in [0, 0.05) is 11.6 Å². The summed E-state index contributed by atoms with van der Waals surface area (Å²) in [7, 11) is 0. The van der Waals surface area contributed by atoms with E-state index in [9.17, 15) is 0 Å². The monoisotopic (exact) mass is 152 g/mol. The number of azo groups is 1. The van der Waals surface area contributed by atoms with Gasteiger partial charge in [-0.25, -0.2) is 0 Å². The van der Waals surface area contributed by atoms with Crippen LogP contribution in [0.1, 0.15) is 27.7 Å². The summed E-state index contributed by atoms with van der Waals surface area (Å²) >= 11 is 0. The highest BCUT2D eigenvalue weighted by Crippen LogP contribution is 2.25. The minimum Gasteiger partial charge on any atom is -0.160 e. The number of hydrogen-bond donors (Lipinski definition) is 0. The summed E-state index contributed by atoms with van der Waals surface area (Å²) in [4.78, 5) is 0. The third-order valence-electron chi connectivity index (χ3n) is 1.29. The highest BCUT2D eigenvalue weighted by molar-refractivity contribution is 5.06. The van der Waals surface area contributed by atoms with Gasteiger partial charge in [-0.2, -0.15) is 10.2 Å². The van der Waals surface area contributed by atoms with Gasteiger partial charge < -0.3 is 0 Å². The minimum absolute atomic E-state index is 0.0707. The van der Waals surface area contributed by atoms with Crippen LogP contribution in [0.5, 0.6) is 0 Å². The molecule has 0 heterocycles. The number of rotatable bonds is 2. The maximum atomic E-state index is 4.00. The molecule has 0 amide bonds. The Morgan fingerprint density at radius 1 is 1.36 bits per heavy atom. The molecule has 0 fully saturated rings. The molecule has 2 nitrogen and oxygen atoms in total. The van der Waals surface area contributed by atoms with Crippen LogP contribution in [0.2, 0.25) is 0 Å².